The lowest BCUT2D eigenvalue weighted by Gasteiger charge is -2.35. The molecule has 116 valence electrons. The molecule has 21 heavy (non-hydrogen) atoms. The number of piperidine rings is 1. The van der Waals surface area contributed by atoms with Crippen LogP contribution in [0.4, 0.5) is 0 Å². The Morgan fingerprint density at radius 2 is 2.14 bits per heavy atom. The number of hydrogen-bond acceptors (Lipinski definition) is 3. The standard InChI is InChI=1S/C17H26N2O2/c1-3-17(10-4-11-18-13-17)16(20)19-12-9-14-5-7-15(21-2)8-6-14/h5-8,18H,3-4,9-13H2,1-2H3,(H,19,20). The Morgan fingerprint density at radius 1 is 1.38 bits per heavy atom. The van der Waals surface area contributed by atoms with E-state index < -0.39 is 0 Å². The van der Waals surface area contributed by atoms with Gasteiger partial charge in [0.1, 0.15) is 5.75 Å². The van der Waals surface area contributed by atoms with Crippen LogP contribution in [-0.4, -0.2) is 32.7 Å². The summed E-state index contributed by atoms with van der Waals surface area (Å²) in [4.78, 5) is 12.5. The highest BCUT2D eigenvalue weighted by Gasteiger charge is 2.37. The van der Waals surface area contributed by atoms with Gasteiger partial charge < -0.3 is 15.4 Å². The molecule has 0 aliphatic carbocycles. The van der Waals surface area contributed by atoms with Crippen LogP contribution in [0, 0.1) is 5.41 Å². The first-order valence-electron chi connectivity index (χ1n) is 7.82. The molecule has 1 saturated heterocycles. The Hall–Kier alpha value is -1.55. The summed E-state index contributed by atoms with van der Waals surface area (Å²) in [5.41, 5.74) is 1.00. The number of methoxy groups -OCH3 is 1. The fraction of sp³-hybridized carbons (Fsp3) is 0.588. The Bertz CT molecular complexity index is 450. The summed E-state index contributed by atoms with van der Waals surface area (Å²) in [7, 11) is 1.66. The second kappa shape index (κ2) is 7.46. The van der Waals surface area contributed by atoms with Gasteiger partial charge in [0.25, 0.3) is 0 Å². The maximum absolute atomic E-state index is 12.5. The van der Waals surface area contributed by atoms with Crippen molar-refractivity contribution in [3.8, 4) is 5.75 Å². The number of hydrogen-bond donors (Lipinski definition) is 2. The smallest absolute Gasteiger partial charge is 0.227 e. The maximum Gasteiger partial charge on any atom is 0.227 e. The van der Waals surface area contributed by atoms with Crippen molar-refractivity contribution in [2.24, 2.45) is 5.41 Å². The minimum absolute atomic E-state index is 0.200. The molecule has 1 atom stereocenters. The SMILES string of the molecule is CCC1(C(=O)NCCc2ccc(OC)cc2)CCCNC1. The zero-order valence-electron chi connectivity index (χ0n) is 13.1. The fourth-order valence-electron chi connectivity index (χ4n) is 2.92. The molecule has 1 aliphatic heterocycles. The first kappa shape index (κ1) is 15.8. The second-order valence-corrected chi connectivity index (χ2v) is 5.77. The lowest BCUT2D eigenvalue weighted by atomic mass is 9.77. The monoisotopic (exact) mass is 290 g/mol. The highest BCUT2D eigenvalue weighted by Crippen LogP contribution is 2.30. The first-order chi connectivity index (χ1) is 10.2. The average Bonchev–Trinajstić information content (AvgIpc) is 2.56. The van der Waals surface area contributed by atoms with Crippen LogP contribution in [0.1, 0.15) is 31.7 Å². The number of carbonyl (C=O) groups excluding carboxylic acids is 1. The Balaban J connectivity index is 1.82. The summed E-state index contributed by atoms with van der Waals surface area (Å²) in [5.74, 6) is 1.06. The van der Waals surface area contributed by atoms with Crippen LogP contribution in [0.2, 0.25) is 0 Å². The van der Waals surface area contributed by atoms with Crippen molar-refractivity contribution < 1.29 is 9.53 Å². The topological polar surface area (TPSA) is 50.4 Å². The van der Waals surface area contributed by atoms with Crippen LogP contribution in [0.5, 0.6) is 5.75 Å². The number of rotatable bonds is 6. The Morgan fingerprint density at radius 3 is 2.71 bits per heavy atom. The number of ether oxygens (including phenoxy) is 1. The largest absolute Gasteiger partial charge is 0.497 e. The highest BCUT2D eigenvalue weighted by atomic mass is 16.5. The predicted octanol–water partition coefficient (Wildman–Crippen LogP) is 2.13. The summed E-state index contributed by atoms with van der Waals surface area (Å²) in [5, 5.41) is 6.46. The Kier molecular flexibility index (Phi) is 5.62. The van der Waals surface area contributed by atoms with Crippen molar-refractivity contribution in [1.82, 2.24) is 10.6 Å². The Labute approximate surface area is 127 Å². The van der Waals surface area contributed by atoms with Crippen LogP contribution in [0.25, 0.3) is 0 Å². The molecule has 1 heterocycles. The third kappa shape index (κ3) is 3.97. The molecule has 2 N–H and O–H groups in total. The van der Waals surface area contributed by atoms with Gasteiger partial charge >= 0.3 is 0 Å². The number of benzene rings is 1. The molecule has 1 fully saturated rings. The summed E-state index contributed by atoms with van der Waals surface area (Å²) < 4.78 is 5.14. The molecule has 0 saturated carbocycles. The normalized spacial score (nSPS) is 21.8. The summed E-state index contributed by atoms with van der Waals surface area (Å²) >= 11 is 0. The molecule has 0 radical (unpaired) electrons. The lowest BCUT2D eigenvalue weighted by Crippen LogP contribution is -2.50. The summed E-state index contributed by atoms with van der Waals surface area (Å²) in [6.45, 7) is 4.63. The van der Waals surface area contributed by atoms with Gasteiger partial charge in [-0.1, -0.05) is 19.1 Å². The van der Waals surface area contributed by atoms with E-state index in [-0.39, 0.29) is 11.3 Å². The van der Waals surface area contributed by atoms with Crippen LogP contribution < -0.4 is 15.4 Å². The van der Waals surface area contributed by atoms with Gasteiger partial charge in [-0.3, -0.25) is 4.79 Å². The first-order valence-corrected chi connectivity index (χ1v) is 7.82. The molecule has 4 heteroatoms. The van der Waals surface area contributed by atoms with Crippen LogP contribution >= 0.6 is 0 Å². The van der Waals surface area contributed by atoms with E-state index >= 15 is 0 Å². The van der Waals surface area contributed by atoms with Crippen molar-refractivity contribution in [3.63, 3.8) is 0 Å². The van der Waals surface area contributed by atoms with Gasteiger partial charge in [0.15, 0.2) is 0 Å². The minimum Gasteiger partial charge on any atom is -0.497 e. The second-order valence-electron chi connectivity index (χ2n) is 5.77. The van der Waals surface area contributed by atoms with E-state index in [1.165, 1.54) is 5.56 Å². The molecule has 0 bridgehead atoms. The van der Waals surface area contributed by atoms with Gasteiger partial charge in [-0.05, 0) is 49.9 Å². The summed E-state index contributed by atoms with van der Waals surface area (Å²) in [6.07, 6.45) is 3.82. The van der Waals surface area contributed by atoms with E-state index in [1.54, 1.807) is 7.11 Å². The van der Waals surface area contributed by atoms with Gasteiger partial charge in [-0.25, -0.2) is 0 Å². The fourth-order valence-corrected chi connectivity index (χ4v) is 2.92. The minimum atomic E-state index is -0.210. The molecule has 1 aromatic rings. The van der Waals surface area contributed by atoms with Crippen molar-refractivity contribution in [3.05, 3.63) is 29.8 Å². The van der Waals surface area contributed by atoms with Crippen LogP contribution in [0.3, 0.4) is 0 Å². The van der Waals surface area contributed by atoms with E-state index in [4.69, 9.17) is 4.74 Å². The molecule has 0 aromatic heterocycles. The summed E-state index contributed by atoms with van der Waals surface area (Å²) in [6, 6.07) is 8.00. The van der Waals surface area contributed by atoms with Gasteiger partial charge in [-0.2, -0.15) is 0 Å². The predicted molar refractivity (Wildman–Crippen MR) is 84.5 cm³/mol. The van der Waals surface area contributed by atoms with Crippen molar-refractivity contribution in [2.75, 3.05) is 26.7 Å². The molecule has 1 aliphatic rings. The van der Waals surface area contributed by atoms with Crippen molar-refractivity contribution in [2.45, 2.75) is 32.6 Å². The molecule has 0 spiro atoms. The third-order valence-electron chi connectivity index (χ3n) is 4.49. The zero-order valence-corrected chi connectivity index (χ0v) is 13.1. The molecule has 1 amide bonds. The third-order valence-corrected chi connectivity index (χ3v) is 4.49. The highest BCUT2D eigenvalue weighted by molar-refractivity contribution is 5.83. The quantitative estimate of drug-likeness (QED) is 0.844. The number of amides is 1. The van der Waals surface area contributed by atoms with Gasteiger partial charge in [0, 0.05) is 13.1 Å². The molecule has 1 aromatic carbocycles. The van der Waals surface area contributed by atoms with Crippen LogP contribution in [-0.2, 0) is 11.2 Å². The van der Waals surface area contributed by atoms with Crippen LogP contribution in [0.15, 0.2) is 24.3 Å². The molecule has 2 rings (SSSR count). The van der Waals surface area contributed by atoms with Gasteiger partial charge in [0.2, 0.25) is 5.91 Å². The number of carbonyl (C=O) groups is 1. The van der Waals surface area contributed by atoms with Gasteiger partial charge in [0.05, 0.1) is 12.5 Å². The molecule has 1 unspecified atom stereocenters. The molecular formula is C17H26N2O2. The molecular weight excluding hydrogens is 264 g/mol. The molecule has 4 nitrogen and oxygen atoms in total. The van der Waals surface area contributed by atoms with E-state index in [2.05, 4.69) is 17.6 Å². The van der Waals surface area contributed by atoms with E-state index in [1.807, 2.05) is 24.3 Å². The van der Waals surface area contributed by atoms with Gasteiger partial charge in [-0.15, -0.1) is 0 Å². The maximum atomic E-state index is 12.5. The zero-order chi connectivity index (χ0) is 15.1. The van der Waals surface area contributed by atoms with E-state index in [0.29, 0.717) is 6.54 Å². The number of nitrogens with one attached hydrogen (secondary N) is 2. The van der Waals surface area contributed by atoms with Crippen molar-refractivity contribution in [1.29, 1.82) is 0 Å². The lowest BCUT2D eigenvalue weighted by molar-refractivity contribution is -0.132. The van der Waals surface area contributed by atoms with E-state index in [9.17, 15) is 4.79 Å². The van der Waals surface area contributed by atoms with E-state index in [0.717, 1.165) is 44.5 Å². The van der Waals surface area contributed by atoms with Crippen molar-refractivity contribution >= 4 is 5.91 Å². The average molecular weight is 290 g/mol.